The molecule has 0 spiro atoms. The van der Waals surface area contributed by atoms with Crippen LogP contribution >= 0.6 is 11.3 Å². The highest BCUT2D eigenvalue weighted by Crippen LogP contribution is 2.29. The highest BCUT2D eigenvalue weighted by atomic mass is 32.1. The number of anilines is 1. The highest BCUT2D eigenvalue weighted by molar-refractivity contribution is 7.15. The van der Waals surface area contributed by atoms with Crippen LogP contribution in [-0.2, 0) is 17.4 Å². The first-order chi connectivity index (χ1) is 13.4. The second kappa shape index (κ2) is 7.42. The fraction of sp³-hybridized carbons (Fsp3) is 0.389. The second-order valence-electron chi connectivity index (χ2n) is 6.76. The van der Waals surface area contributed by atoms with Gasteiger partial charge in [-0.1, -0.05) is 0 Å². The van der Waals surface area contributed by atoms with E-state index in [1.54, 1.807) is 0 Å². The van der Waals surface area contributed by atoms with Crippen molar-refractivity contribution >= 4 is 28.0 Å². The Hall–Kier alpha value is -2.62. The smallest absolute Gasteiger partial charge is 0.355 e. The molecule has 0 aliphatic carbocycles. The number of thiazole rings is 1. The number of hydrogen-bond donors (Lipinski definition) is 1. The number of carbonyl (C=O) groups excluding carboxylic acids is 1. The predicted molar refractivity (Wildman–Crippen MR) is 99.4 cm³/mol. The van der Waals surface area contributed by atoms with Crippen molar-refractivity contribution in [1.29, 1.82) is 0 Å². The predicted octanol–water partition coefficient (Wildman–Crippen LogP) is 3.14. The Balaban J connectivity index is 1.35. The van der Waals surface area contributed by atoms with Gasteiger partial charge in [0.2, 0.25) is 5.91 Å². The van der Waals surface area contributed by atoms with E-state index in [1.165, 1.54) is 17.4 Å². The molecule has 148 valence electrons. The summed E-state index contributed by atoms with van der Waals surface area (Å²) in [5, 5.41) is 4.93. The van der Waals surface area contributed by atoms with Gasteiger partial charge < -0.3 is 10.2 Å². The largest absolute Gasteiger partial charge is 0.417 e. The summed E-state index contributed by atoms with van der Waals surface area (Å²) in [6.07, 6.45) is 2.03. The fourth-order valence-electron chi connectivity index (χ4n) is 3.35. The second-order valence-corrected chi connectivity index (χ2v) is 7.63. The van der Waals surface area contributed by atoms with Crippen molar-refractivity contribution in [1.82, 2.24) is 19.7 Å². The Morgan fingerprint density at radius 2 is 2.21 bits per heavy atom. The molecule has 0 bridgehead atoms. The quantitative estimate of drug-likeness (QED) is 0.719. The summed E-state index contributed by atoms with van der Waals surface area (Å²) in [5.74, 6) is 0.374. The van der Waals surface area contributed by atoms with Crippen molar-refractivity contribution < 1.29 is 18.0 Å². The Bertz CT molecular complexity index is 937. The fourth-order valence-corrected chi connectivity index (χ4v) is 4.07. The maximum atomic E-state index is 12.7. The number of aromatic nitrogens is 3. The van der Waals surface area contributed by atoms with Gasteiger partial charge in [0.1, 0.15) is 5.82 Å². The first kappa shape index (κ1) is 18.7. The van der Waals surface area contributed by atoms with Gasteiger partial charge in [0.15, 0.2) is 4.96 Å². The van der Waals surface area contributed by atoms with E-state index in [9.17, 15) is 18.0 Å². The molecule has 1 aliphatic rings. The van der Waals surface area contributed by atoms with Crippen molar-refractivity contribution in [2.24, 2.45) is 0 Å². The van der Waals surface area contributed by atoms with E-state index >= 15 is 0 Å². The molecule has 3 aromatic heterocycles. The molecule has 1 saturated heterocycles. The molecule has 1 aliphatic heterocycles. The van der Waals surface area contributed by atoms with Gasteiger partial charge >= 0.3 is 6.18 Å². The van der Waals surface area contributed by atoms with E-state index in [1.807, 2.05) is 27.1 Å². The van der Waals surface area contributed by atoms with E-state index in [4.69, 9.17) is 0 Å². The normalized spacial score (nSPS) is 17.8. The van der Waals surface area contributed by atoms with Gasteiger partial charge in [-0.3, -0.25) is 9.20 Å². The minimum absolute atomic E-state index is 0.0749. The number of hydrogen-bond acceptors (Lipinski definition) is 5. The number of amides is 1. The van der Waals surface area contributed by atoms with Crippen molar-refractivity contribution in [2.45, 2.75) is 31.5 Å². The van der Waals surface area contributed by atoms with E-state index in [0.717, 1.165) is 30.1 Å². The number of piperidine rings is 1. The number of alkyl halides is 3. The third kappa shape index (κ3) is 4.11. The van der Waals surface area contributed by atoms with Gasteiger partial charge in [-0.05, 0) is 25.0 Å². The number of nitrogens with one attached hydrogen (secondary N) is 1. The van der Waals surface area contributed by atoms with Crippen molar-refractivity contribution in [3.05, 3.63) is 47.4 Å². The highest BCUT2D eigenvalue weighted by Gasteiger charge is 2.31. The van der Waals surface area contributed by atoms with Crippen molar-refractivity contribution in [2.75, 3.05) is 18.0 Å². The average Bonchev–Trinajstić information content (AvgIpc) is 3.23. The molecule has 3 aromatic rings. The molecular weight excluding hydrogens is 391 g/mol. The van der Waals surface area contributed by atoms with Crippen molar-refractivity contribution in [3.63, 3.8) is 0 Å². The molecule has 10 heteroatoms. The summed E-state index contributed by atoms with van der Waals surface area (Å²) >= 11 is 1.51. The molecule has 1 atom stereocenters. The van der Waals surface area contributed by atoms with Crippen molar-refractivity contribution in [3.8, 4) is 0 Å². The van der Waals surface area contributed by atoms with Crippen LogP contribution in [0.1, 0.15) is 24.1 Å². The van der Waals surface area contributed by atoms with Gasteiger partial charge in [0.25, 0.3) is 0 Å². The number of imidazole rings is 1. The lowest BCUT2D eigenvalue weighted by Crippen LogP contribution is -2.48. The van der Waals surface area contributed by atoms with E-state index in [-0.39, 0.29) is 18.4 Å². The molecule has 1 fully saturated rings. The lowest BCUT2D eigenvalue weighted by atomic mass is 10.1. The Morgan fingerprint density at radius 3 is 2.93 bits per heavy atom. The zero-order valence-electron chi connectivity index (χ0n) is 14.8. The SMILES string of the molecule is O=C(Cc1cn2ccsc2n1)NC1CCCN(c2ccc(C(F)(F)F)cn2)C1. The zero-order chi connectivity index (χ0) is 19.7. The van der Waals surface area contributed by atoms with Gasteiger partial charge in [-0.15, -0.1) is 11.3 Å². The zero-order valence-corrected chi connectivity index (χ0v) is 15.6. The number of nitrogens with zero attached hydrogens (tertiary/aromatic N) is 4. The molecule has 28 heavy (non-hydrogen) atoms. The molecule has 0 aromatic carbocycles. The Kier molecular flexibility index (Phi) is 4.96. The van der Waals surface area contributed by atoms with Crippen LogP contribution in [0.4, 0.5) is 19.0 Å². The van der Waals surface area contributed by atoms with E-state index in [2.05, 4.69) is 15.3 Å². The molecule has 0 saturated carbocycles. The van der Waals surface area contributed by atoms with E-state index < -0.39 is 11.7 Å². The Morgan fingerprint density at radius 1 is 1.36 bits per heavy atom. The number of halogens is 3. The van der Waals surface area contributed by atoms with Crippen LogP contribution in [-0.4, -0.2) is 39.4 Å². The van der Waals surface area contributed by atoms with Crippen LogP contribution in [0.15, 0.2) is 36.1 Å². The average molecular weight is 409 g/mol. The van der Waals surface area contributed by atoms with E-state index in [0.29, 0.717) is 24.6 Å². The summed E-state index contributed by atoms with van der Waals surface area (Å²) in [4.78, 5) is 23.5. The first-order valence-electron chi connectivity index (χ1n) is 8.87. The van der Waals surface area contributed by atoms with Crippen LogP contribution in [0.25, 0.3) is 4.96 Å². The Labute approximate surface area is 163 Å². The summed E-state index contributed by atoms with van der Waals surface area (Å²) in [6, 6.07) is 2.34. The van der Waals surface area contributed by atoms with Crippen LogP contribution in [0.5, 0.6) is 0 Å². The third-order valence-corrected chi connectivity index (χ3v) is 5.44. The molecule has 1 amide bonds. The summed E-state index contributed by atoms with van der Waals surface area (Å²) < 4.78 is 39.9. The summed E-state index contributed by atoms with van der Waals surface area (Å²) in [5.41, 5.74) is -0.0560. The lowest BCUT2D eigenvalue weighted by Gasteiger charge is -2.34. The van der Waals surface area contributed by atoms with Gasteiger partial charge in [-0.2, -0.15) is 13.2 Å². The first-order valence-corrected chi connectivity index (χ1v) is 9.75. The minimum atomic E-state index is -4.40. The monoisotopic (exact) mass is 409 g/mol. The van der Waals surface area contributed by atoms with Gasteiger partial charge in [0, 0.05) is 43.1 Å². The van der Waals surface area contributed by atoms with Crippen LogP contribution < -0.4 is 10.2 Å². The topological polar surface area (TPSA) is 62.5 Å². The molecule has 1 unspecified atom stereocenters. The molecular formula is C18H18F3N5OS. The van der Waals surface area contributed by atoms with Gasteiger partial charge in [-0.25, -0.2) is 9.97 Å². The molecule has 6 nitrogen and oxygen atoms in total. The molecule has 0 radical (unpaired) electrons. The molecule has 1 N–H and O–H groups in total. The standard InChI is InChI=1S/C18H18F3N5OS/c19-18(20,21)12-3-4-15(22-9-12)25-5-1-2-13(10-25)23-16(27)8-14-11-26-6-7-28-17(26)24-14/h3-4,6-7,9,11,13H,1-2,5,8,10H2,(H,23,27). The summed E-state index contributed by atoms with van der Waals surface area (Å²) in [7, 11) is 0. The number of pyridine rings is 1. The third-order valence-electron chi connectivity index (χ3n) is 4.67. The number of fused-ring (bicyclic) bond motifs is 1. The molecule has 4 heterocycles. The van der Waals surface area contributed by atoms with Crippen LogP contribution in [0.3, 0.4) is 0 Å². The minimum Gasteiger partial charge on any atom is -0.355 e. The number of carbonyl (C=O) groups is 1. The van der Waals surface area contributed by atoms with Gasteiger partial charge in [0.05, 0.1) is 17.7 Å². The number of rotatable bonds is 4. The summed E-state index contributed by atoms with van der Waals surface area (Å²) in [6.45, 7) is 1.21. The lowest BCUT2D eigenvalue weighted by molar-refractivity contribution is -0.137. The molecule has 4 rings (SSSR count). The van der Waals surface area contributed by atoms with Crippen LogP contribution in [0.2, 0.25) is 0 Å². The van der Waals surface area contributed by atoms with Crippen LogP contribution in [0, 0.1) is 0 Å². The maximum Gasteiger partial charge on any atom is 0.417 e. The maximum absolute atomic E-state index is 12.7.